The molecule has 5 nitrogen and oxygen atoms in total. The second-order valence-corrected chi connectivity index (χ2v) is 5.79. The van der Waals surface area contributed by atoms with Crippen molar-refractivity contribution in [3.8, 4) is 0 Å². The van der Waals surface area contributed by atoms with Crippen LogP contribution < -0.4 is 0 Å². The molecule has 0 radical (unpaired) electrons. The predicted octanol–water partition coefficient (Wildman–Crippen LogP) is 2.07. The summed E-state index contributed by atoms with van der Waals surface area (Å²) in [5.74, 6) is 1.63. The summed E-state index contributed by atoms with van der Waals surface area (Å²) in [5, 5.41) is 8.17. The lowest BCUT2D eigenvalue weighted by Crippen LogP contribution is -2.47. The van der Waals surface area contributed by atoms with Crippen LogP contribution in [0.25, 0.3) is 0 Å². The van der Waals surface area contributed by atoms with E-state index in [9.17, 15) is 0 Å². The van der Waals surface area contributed by atoms with Gasteiger partial charge in [-0.15, -0.1) is 0 Å². The van der Waals surface area contributed by atoms with E-state index in [0.29, 0.717) is 5.92 Å². The molecule has 0 amide bonds. The zero-order chi connectivity index (χ0) is 12.5. The van der Waals surface area contributed by atoms with Gasteiger partial charge in [0.25, 0.3) is 0 Å². The molecule has 96 valence electrons. The zero-order valence-corrected chi connectivity index (χ0v) is 11.8. The van der Waals surface area contributed by atoms with Crippen molar-refractivity contribution < 1.29 is 4.52 Å². The Labute approximate surface area is 114 Å². The highest BCUT2D eigenvalue weighted by Crippen LogP contribution is 2.21. The van der Waals surface area contributed by atoms with Crippen molar-refractivity contribution >= 4 is 15.9 Å². The largest absolute Gasteiger partial charge is 0.360 e. The van der Waals surface area contributed by atoms with Gasteiger partial charge in [-0.3, -0.25) is 9.58 Å². The van der Waals surface area contributed by atoms with Gasteiger partial charge < -0.3 is 4.52 Å². The topological polar surface area (TPSA) is 47.1 Å². The number of aryl methyl sites for hydroxylation is 1. The van der Waals surface area contributed by atoms with Crippen molar-refractivity contribution in [3.63, 3.8) is 0 Å². The predicted molar refractivity (Wildman–Crippen MR) is 69.9 cm³/mol. The highest BCUT2D eigenvalue weighted by atomic mass is 79.9. The van der Waals surface area contributed by atoms with Crippen LogP contribution in [0.1, 0.15) is 11.5 Å². The summed E-state index contributed by atoms with van der Waals surface area (Å²) in [6.45, 7) is 5.98. The van der Waals surface area contributed by atoms with Crippen LogP contribution in [-0.2, 0) is 13.1 Å². The van der Waals surface area contributed by atoms with Crippen molar-refractivity contribution in [2.45, 2.75) is 20.0 Å². The monoisotopic (exact) mass is 310 g/mol. The lowest BCUT2D eigenvalue weighted by atomic mass is 10.0. The molecule has 2 aromatic rings. The fourth-order valence-corrected chi connectivity index (χ4v) is 2.66. The van der Waals surface area contributed by atoms with Gasteiger partial charge in [0.2, 0.25) is 0 Å². The standard InChI is InChI=1S/C12H15BrN4O/c1-9-2-12(18-15-9)8-16-4-10(5-16)6-17-7-11(13)3-14-17/h2-3,7,10H,4-6,8H2,1H3. The summed E-state index contributed by atoms with van der Waals surface area (Å²) in [5.41, 5.74) is 0.948. The number of halogens is 1. The maximum atomic E-state index is 5.21. The molecule has 3 heterocycles. The molecule has 0 saturated carbocycles. The first-order valence-electron chi connectivity index (χ1n) is 6.01. The summed E-state index contributed by atoms with van der Waals surface area (Å²) >= 11 is 3.41. The smallest absolute Gasteiger partial charge is 0.150 e. The molecule has 0 atom stereocenters. The number of rotatable bonds is 4. The van der Waals surface area contributed by atoms with Gasteiger partial charge in [0.05, 0.1) is 22.9 Å². The van der Waals surface area contributed by atoms with Gasteiger partial charge in [0.15, 0.2) is 5.76 Å². The van der Waals surface area contributed by atoms with Crippen LogP contribution in [0.4, 0.5) is 0 Å². The Morgan fingerprint density at radius 3 is 2.94 bits per heavy atom. The van der Waals surface area contributed by atoms with Gasteiger partial charge in [-0.2, -0.15) is 5.10 Å². The highest BCUT2D eigenvalue weighted by molar-refractivity contribution is 9.10. The normalized spacial score (nSPS) is 17.0. The Bertz CT molecular complexity index is 483. The number of likely N-dealkylation sites (tertiary alicyclic amines) is 1. The van der Waals surface area contributed by atoms with Crippen molar-refractivity contribution in [1.82, 2.24) is 19.8 Å². The first-order chi connectivity index (χ1) is 8.69. The highest BCUT2D eigenvalue weighted by Gasteiger charge is 2.27. The van der Waals surface area contributed by atoms with Crippen molar-refractivity contribution in [2.75, 3.05) is 13.1 Å². The third-order valence-electron chi connectivity index (χ3n) is 3.14. The molecular weight excluding hydrogens is 296 g/mol. The maximum Gasteiger partial charge on any atom is 0.150 e. The van der Waals surface area contributed by atoms with Crippen LogP contribution in [0.15, 0.2) is 27.5 Å². The minimum absolute atomic E-state index is 0.681. The number of hydrogen-bond donors (Lipinski definition) is 0. The molecule has 18 heavy (non-hydrogen) atoms. The molecule has 0 N–H and O–H groups in total. The molecule has 0 bridgehead atoms. The fourth-order valence-electron chi connectivity index (χ4n) is 2.34. The SMILES string of the molecule is Cc1cc(CN2CC(Cn3cc(Br)cn3)C2)on1. The maximum absolute atomic E-state index is 5.21. The quantitative estimate of drug-likeness (QED) is 0.867. The van der Waals surface area contributed by atoms with Gasteiger partial charge >= 0.3 is 0 Å². The van der Waals surface area contributed by atoms with Crippen LogP contribution in [0.2, 0.25) is 0 Å². The van der Waals surface area contributed by atoms with Crippen LogP contribution in [0, 0.1) is 12.8 Å². The fraction of sp³-hybridized carbons (Fsp3) is 0.500. The van der Waals surface area contributed by atoms with E-state index >= 15 is 0 Å². The number of nitrogens with zero attached hydrogens (tertiary/aromatic N) is 4. The summed E-state index contributed by atoms with van der Waals surface area (Å²) in [6, 6.07) is 2.00. The van der Waals surface area contributed by atoms with Crippen LogP contribution >= 0.6 is 15.9 Å². The third-order valence-corrected chi connectivity index (χ3v) is 3.55. The average Bonchev–Trinajstić information content (AvgIpc) is 2.85. The Hall–Kier alpha value is -1.14. The molecule has 1 saturated heterocycles. The minimum Gasteiger partial charge on any atom is -0.360 e. The Morgan fingerprint density at radius 2 is 2.33 bits per heavy atom. The van der Waals surface area contributed by atoms with Crippen LogP contribution in [0.5, 0.6) is 0 Å². The first kappa shape index (κ1) is 11.9. The Kier molecular flexibility index (Phi) is 3.22. The van der Waals surface area contributed by atoms with Gasteiger partial charge in [0, 0.05) is 37.8 Å². The van der Waals surface area contributed by atoms with Gasteiger partial charge in [-0.25, -0.2) is 0 Å². The molecule has 0 aliphatic carbocycles. The Balaban J connectivity index is 1.46. The molecule has 6 heteroatoms. The average molecular weight is 311 g/mol. The Morgan fingerprint density at radius 1 is 1.50 bits per heavy atom. The van der Waals surface area contributed by atoms with Crippen molar-refractivity contribution in [1.29, 1.82) is 0 Å². The van der Waals surface area contributed by atoms with Gasteiger partial charge in [-0.1, -0.05) is 5.16 Å². The van der Waals surface area contributed by atoms with E-state index in [1.54, 1.807) is 0 Å². The second kappa shape index (κ2) is 4.85. The van der Waals surface area contributed by atoms with E-state index in [4.69, 9.17) is 4.52 Å². The molecular formula is C12H15BrN4O. The molecule has 2 aromatic heterocycles. The van der Waals surface area contributed by atoms with E-state index in [1.165, 1.54) is 0 Å². The molecule has 3 rings (SSSR count). The number of hydrogen-bond acceptors (Lipinski definition) is 4. The van der Waals surface area contributed by atoms with Crippen LogP contribution in [0.3, 0.4) is 0 Å². The van der Waals surface area contributed by atoms with Crippen molar-refractivity contribution in [2.24, 2.45) is 5.92 Å². The van der Waals surface area contributed by atoms with E-state index < -0.39 is 0 Å². The lowest BCUT2D eigenvalue weighted by Gasteiger charge is -2.38. The van der Waals surface area contributed by atoms with E-state index in [0.717, 1.165) is 42.1 Å². The first-order valence-corrected chi connectivity index (χ1v) is 6.81. The molecule has 0 aromatic carbocycles. The molecule has 0 unspecified atom stereocenters. The van der Waals surface area contributed by atoms with E-state index in [2.05, 4.69) is 31.1 Å². The second-order valence-electron chi connectivity index (χ2n) is 4.88. The summed E-state index contributed by atoms with van der Waals surface area (Å²) in [7, 11) is 0. The number of aromatic nitrogens is 3. The lowest BCUT2D eigenvalue weighted by molar-refractivity contribution is 0.0686. The summed E-state index contributed by atoms with van der Waals surface area (Å²) < 4.78 is 8.24. The van der Waals surface area contributed by atoms with Gasteiger partial charge in [-0.05, 0) is 22.9 Å². The third kappa shape index (κ3) is 2.64. The molecule has 0 spiro atoms. The van der Waals surface area contributed by atoms with E-state index in [1.807, 2.05) is 30.1 Å². The summed E-state index contributed by atoms with van der Waals surface area (Å²) in [6.07, 6.45) is 3.84. The van der Waals surface area contributed by atoms with E-state index in [-0.39, 0.29) is 0 Å². The van der Waals surface area contributed by atoms with Crippen molar-refractivity contribution in [3.05, 3.63) is 34.4 Å². The molecule has 1 aliphatic rings. The molecule has 1 fully saturated rings. The summed E-state index contributed by atoms with van der Waals surface area (Å²) in [4.78, 5) is 2.36. The zero-order valence-electron chi connectivity index (χ0n) is 10.2. The minimum atomic E-state index is 0.681. The molecule has 1 aliphatic heterocycles. The van der Waals surface area contributed by atoms with Gasteiger partial charge in [0.1, 0.15) is 0 Å². The van der Waals surface area contributed by atoms with Crippen LogP contribution in [-0.4, -0.2) is 32.9 Å².